The van der Waals surface area contributed by atoms with Crippen LogP contribution in [0.3, 0.4) is 0 Å². The third-order valence-corrected chi connectivity index (χ3v) is 7.01. The van der Waals surface area contributed by atoms with Gasteiger partial charge in [-0.2, -0.15) is 0 Å². The zero-order valence-corrected chi connectivity index (χ0v) is 15.8. The van der Waals surface area contributed by atoms with E-state index in [1.165, 1.54) is 29.5 Å². The predicted molar refractivity (Wildman–Crippen MR) is 102 cm³/mol. The Morgan fingerprint density at radius 2 is 1.88 bits per heavy atom. The summed E-state index contributed by atoms with van der Waals surface area (Å²) in [4.78, 5) is 7.33. The lowest BCUT2D eigenvalue weighted by Crippen LogP contribution is -2.39. The van der Waals surface area contributed by atoms with Crippen molar-refractivity contribution < 1.29 is 4.42 Å². The van der Waals surface area contributed by atoms with E-state index in [0.717, 1.165) is 22.4 Å². The Hall–Kier alpha value is -1.87. The van der Waals surface area contributed by atoms with Crippen LogP contribution in [0.4, 0.5) is 0 Å². The number of benzene rings is 1. The Bertz CT molecular complexity index is 1000. The SMILES string of the molecule is Cc1ccc2c(n1)oc1c(C3C(C)N4CCC3C4(C)C)c(C)ccc12. The number of hydrogen-bond acceptors (Lipinski definition) is 3. The number of aryl methyl sites for hydroxylation is 2. The van der Waals surface area contributed by atoms with Crippen LogP contribution in [-0.2, 0) is 0 Å². The Morgan fingerprint density at radius 3 is 2.60 bits per heavy atom. The molecule has 0 N–H and O–H groups in total. The van der Waals surface area contributed by atoms with Gasteiger partial charge in [0.2, 0.25) is 5.71 Å². The van der Waals surface area contributed by atoms with Gasteiger partial charge in [0.05, 0.1) is 0 Å². The first-order valence-corrected chi connectivity index (χ1v) is 9.45. The third kappa shape index (κ3) is 1.88. The van der Waals surface area contributed by atoms with Crippen molar-refractivity contribution in [2.45, 2.75) is 58.5 Å². The first-order chi connectivity index (χ1) is 11.9. The molecule has 0 spiro atoms. The van der Waals surface area contributed by atoms with Crippen LogP contribution >= 0.6 is 0 Å². The molecule has 25 heavy (non-hydrogen) atoms. The molecular weight excluding hydrogens is 308 g/mol. The molecule has 4 heterocycles. The molecule has 2 aliphatic rings. The van der Waals surface area contributed by atoms with Crippen LogP contribution in [0, 0.1) is 19.8 Å². The third-order valence-electron chi connectivity index (χ3n) is 7.01. The van der Waals surface area contributed by atoms with Crippen LogP contribution in [0.1, 0.15) is 49.9 Å². The van der Waals surface area contributed by atoms with Crippen molar-refractivity contribution in [2.75, 3.05) is 6.54 Å². The molecule has 0 aliphatic carbocycles. The van der Waals surface area contributed by atoms with E-state index in [0.29, 0.717) is 17.9 Å². The van der Waals surface area contributed by atoms with E-state index in [2.05, 4.69) is 61.8 Å². The molecule has 0 saturated carbocycles. The Labute approximate surface area is 149 Å². The molecule has 2 aliphatic heterocycles. The molecule has 3 nitrogen and oxygen atoms in total. The predicted octanol–water partition coefficient (Wildman–Crippen LogP) is 5.18. The van der Waals surface area contributed by atoms with Gasteiger partial charge in [-0.3, -0.25) is 4.90 Å². The van der Waals surface area contributed by atoms with Gasteiger partial charge in [0.15, 0.2) is 0 Å². The zero-order chi connectivity index (χ0) is 17.5. The Kier molecular flexibility index (Phi) is 2.99. The van der Waals surface area contributed by atoms with Crippen molar-refractivity contribution in [3.63, 3.8) is 0 Å². The van der Waals surface area contributed by atoms with E-state index in [9.17, 15) is 0 Å². The van der Waals surface area contributed by atoms with Crippen LogP contribution in [0.5, 0.6) is 0 Å². The summed E-state index contributed by atoms with van der Waals surface area (Å²) in [5, 5.41) is 2.35. The smallest absolute Gasteiger partial charge is 0.227 e. The highest BCUT2D eigenvalue weighted by Crippen LogP contribution is 2.56. The maximum Gasteiger partial charge on any atom is 0.227 e. The van der Waals surface area contributed by atoms with Gasteiger partial charge < -0.3 is 4.42 Å². The molecule has 1 aromatic carbocycles. The molecule has 2 bridgehead atoms. The standard InChI is InChI=1S/C22H26N2O/c1-12-6-8-15-16-9-7-13(2)23-21(16)25-20(15)18(12)19-14(3)24-11-10-17(19)22(24,4)5/h6-9,14,17,19H,10-11H2,1-5H3. The van der Waals surface area contributed by atoms with Gasteiger partial charge in [-0.15, -0.1) is 0 Å². The van der Waals surface area contributed by atoms with E-state index in [1.807, 2.05) is 6.92 Å². The van der Waals surface area contributed by atoms with Gasteiger partial charge in [0.1, 0.15) is 5.58 Å². The van der Waals surface area contributed by atoms with Gasteiger partial charge in [0.25, 0.3) is 0 Å². The minimum Gasteiger partial charge on any atom is -0.437 e. The fourth-order valence-electron chi connectivity index (χ4n) is 5.80. The van der Waals surface area contributed by atoms with Crippen molar-refractivity contribution in [1.29, 1.82) is 0 Å². The second-order valence-corrected chi connectivity index (χ2v) is 8.59. The van der Waals surface area contributed by atoms with Gasteiger partial charge in [-0.05, 0) is 71.2 Å². The van der Waals surface area contributed by atoms with Crippen molar-refractivity contribution in [1.82, 2.24) is 9.88 Å². The number of rotatable bonds is 1. The fourth-order valence-corrected chi connectivity index (χ4v) is 5.80. The number of piperidine rings is 1. The first kappa shape index (κ1) is 15.4. The van der Waals surface area contributed by atoms with E-state index >= 15 is 0 Å². The average Bonchev–Trinajstić information content (AvgIpc) is 3.11. The molecular formula is C22H26N2O. The number of furan rings is 1. The van der Waals surface area contributed by atoms with Crippen molar-refractivity contribution in [3.05, 3.63) is 41.1 Å². The molecule has 3 aromatic rings. The summed E-state index contributed by atoms with van der Waals surface area (Å²) in [6.45, 7) is 12.7. The number of hydrogen-bond donors (Lipinski definition) is 0. The largest absolute Gasteiger partial charge is 0.437 e. The topological polar surface area (TPSA) is 29.3 Å². The van der Waals surface area contributed by atoms with Crippen LogP contribution in [-0.4, -0.2) is 28.0 Å². The maximum atomic E-state index is 6.35. The summed E-state index contributed by atoms with van der Waals surface area (Å²) in [6, 6.07) is 9.26. The lowest BCUT2D eigenvalue weighted by atomic mass is 9.75. The van der Waals surface area contributed by atoms with Crippen molar-refractivity contribution >= 4 is 22.1 Å². The van der Waals surface area contributed by atoms with Crippen molar-refractivity contribution in [3.8, 4) is 0 Å². The normalized spacial score (nSPS) is 30.6. The second kappa shape index (κ2) is 4.85. The summed E-state index contributed by atoms with van der Waals surface area (Å²) in [7, 11) is 0. The lowest BCUT2D eigenvalue weighted by molar-refractivity contribution is 0.169. The average molecular weight is 334 g/mol. The van der Waals surface area contributed by atoms with E-state index in [1.54, 1.807) is 0 Å². The Morgan fingerprint density at radius 1 is 1.12 bits per heavy atom. The first-order valence-electron chi connectivity index (χ1n) is 9.45. The highest BCUT2D eigenvalue weighted by molar-refractivity contribution is 6.05. The van der Waals surface area contributed by atoms with Gasteiger partial charge in [-0.1, -0.05) is 12.1 Å². The molecule has 0 radical (unpaired) electrons. The highest BCUT2D eigenvalue weighted by Gasteiger charge is 2.56. The molecule has 0 amide bonds. The fraction of sp³-hybridized carbons (Fsp3) is 0.500. The van der Waals surface area contributed by atoms with Crippen LogP contribution in [0.15, 0.2) is 28.7 Å². The molecule has 4 atom stereocenters. The van der Waals surface area contributed by atoms with Crippen LogP contribution in [0.25, 0.3) is 22.1 Å². The number of nitrogens with zero attached hydrogens (tertiary/aromatic N) is 2. The summed E-state index contributed by atoms with van der Waals surface area (Å²) in [6.07, 6.45) is 1.29. The molecule has 130 valence electrons. The molecule has 3 heteroatoms. The maximum absolute atomic E-state index is 6.35. The highest BCUT2D eigenvalue weighted by atomic mass is 16.3. The lowest BCUT2D eigenvalue weighted by Gasteiger charge is -2.31. The van der Waals surface area contributed by atoms with Gasteiger partial charge in [-0.25, -0.2) is 4.98 Å². The Balaban J connectivity index is 1.79. The van der Waals surface area contributed by atoms with Gasteiger partial charge in [0, 0.05) is 39.5 Å². The molecule has 2 fully saturated rings. The molecule has 5 rings (SSSR count). The minimum atomic E-state index is 0.277. The van der Waals surface area contributed by atoms with Crippen molar-refractivity contribution in [2.24, 2.45) is 5.92 Å². The molecule has 4 unspecified atom stereocenters. The number of fused-ring (bicyclic) bond motifs is 5. The van der Waals surface area contributed by atoms with E-state index in [-0.39, 0.29) is 5.54 Å². The number of pyridine rings is 1. The summed E-state index contributed by atoms with van der Waals surface area (Å²) in [5.41, 5.74) is 5.89. The van der Waals surface area contributed by atoms with E-state index in [4.69, 9.17) is 4.42 Å². The van der Waals surface area contributed by atoms with E-state index < -0.39 is 0 Å². The minimum absolute atomic E-state index is 0.277. The molecule has 2 saturated heterocycles. The van der Waals surface area contributed by atoms with Gasteiger partial charge >= 0.3 is 0 Å². The van der Waals surface area contributed by atoms with Crippen LogP contribution in [0.2, 0.25) is 0 Å². The quantitative estimate of drug-likeness (QED) is 0.614. The summed E-state index contributed by atoms with van der Waals surface area (Å²) >= 11 is 0. The second-order valence-electron chi connectivity index (χ2n) is 8.59. The zero-order valence-electron chi connectivity index (χ0n) is 15.8. The number of aromatic nitrogens is 1. The molecule has 2 aromatic heterocycles. The van der Waals surface area contributed by atoms with Crippen LogP contribution < -0.4 is 0 Å². The summed E-state index contributed by atoms with van der Waals surface area (Å²) < 4.78 is 6.35. The summed E-state index contributed by atoms with van der Waals surface area (Å²) in [5.74, 6) is 1.23. The monoisotopic (exact) mass is 334 g/mol.